The molecule has 6 N–H and O–H groups in total. The SMILES string of the molecule is Cc1cn([C@H]2CC(OCc3cn(C[C@H]4O[C@@H](n5cc(C)c(=O)[nH]c5=O)CC4OP(=O)(O)O)nn3)[C@@H](CO)O2)c(=O)nc1N. The Balaban J connectivity index is 1.24. The number of aliphatic hydroxyl groups excluding tert-OH is 1. The molecule has 2 saturated heterocycles. The lowest BCUT2D eigenvalue weighted by Crippen LogP contribution is -2.33. The molecule has 0 amide bonds. The zero-order valence-corrected chi connectivity index (χ0v) is 23.9. The largest absolute Gasteiger partial charge is 0.469 e. The molecule has 2 aliphatic rings. The number of ether oxygens (including phenoxy) is 3. The molecule has 43 heavy (non-hydrogen) atoms. The Morgan fingerprint density at radius 1 is 1.05 bits per heavy atom. The zero-order chi connectivity index (χ0) is 31.1. The van der Waals surface area contributed by atoms with Crippen molar-refractivity contribution in [2.24, 2.45) is 0 Å². The van der Waals surface area contributed by atoms with Crippen LogP contribution in [0.25, 0.3) is 0 Å². The summed E-state index contributed by atoms with van der Waals surface area (Å²) in [6, 6.07) is 0. The third-order valence-electron chi connectivity index (χ3n) is 7.15. The first-order valence-electron chi connectivity index (χ1n) is 13.1. The number of nitrogens with one attached hydrogen (secondary N) is 1. The second kappa shape index (κ2) is 12.2. The second-order valence-corrected chi connectivity index (χ2v) is 11.5. The molecule has 5 heterocycles. The van der Waals surface area contributed by atoms with Gasteiger partial charge in [-0.15, -0.1) is 5.10 Å². The van der Waals surface area contributed by atoms with E-state index >= 15 is 0 Å². The van der Waals surface area contributed by atoms with Crippen LogP contribution in [0.15, 0.2) is 33.0 Å². The van der Waals surface area contributed by atoms with Crippen LogP contribution in [0.4, 0.5) is 5.82 Å². The molecule has 6 atom stereocenters. The van der Waals surface area contributed by atoms with E-state index in [1.165, 1.54) is 34.8 Å². The molecule has 3 aromatic heterocycles. The predicted octanol–water partition coefficient (Wildman–Crippen LogP) is -1.79. The average molecular weight is 627 g/mol. The fourth-order valence-electron chi connectivity index (χ4n) is 4.99. The van der Waals surface area contributed by atoms with E-state index in [2.05, 4.69) is 20.3 Å². The molecule has 3 aromatic rings. The summed E-state index contributed by atoms with van der Waals surface area (Å²) in [7, 11) is -4.92. The Morgan fingerprint density at radius 2 is 1.72 bits per heavy atom. The molecule has 0 aliphatic carbocycles. The molecule has 0 radical (unpaired) electrons. The highest BCUT2D eigenvalue weighted by Gasteiger charge is 2.42. The monoisotopic (exact) mass is 626 g/mol. The fourth-order valence-corrected chi connectivity index (χ4v) is 5.56. The van der Waals surface area contributed by atoms with Gasteiger partial charge in [0.25, 0.3) is 5.56 Å². The van der Waals surface area contributed by atoms with Crippen LogP contribution >= 0.6 is 7.82 Å². The van der Waals surface area contributed by atoms with Gasteiger partial charge in [0.05, 0.1) is 32.1 Å². The number of phosphoric ester groups is 1. The number of rotatable bonds is 10. The Labute approximate surface area is 242 Å². The van der Waals surface area contributed by atoms with Gasteiger partial charge in [-0.05, 0) is 13.8 Å². The van der Waals surface area contributed by atoms with Crippen LogP contribution in [0.2, 0.25) is 0 Å². The summed E-state index contributed by atoms with van der Waals surface area (Å²) < 4.78 is 38.0. The number of H-pyrrole nitrogens is 1. The maximum Gasteiger partial charge on any atom is 0.469 e. The first-order valence-corrected chi connectivity index (χ1v) is 14.7. The molecule has 20 heteroatoms. The number of aliphatic hydroxyl groups is 1. The summed E-state index contributed by atoms with van der Waals surface area (Å²) in [5, 5.41) is 17.9. The fraction of sp³-hybridized carbons (Fsp3) is 0.565. The minimum Gasteiger partial charge on any atom is -0.394 e. The van der Waals surface area contributed by atoms with Gasteiger partial charge in [-0.3, -0.25) is 23.4 Å². The Kier molecular flexibility index (Phi) is 8.77. The quantitative estimate of drug-likeness (QED) is 0.156. The summed E-state index contributed by atoms with van der Waals surface area (Å²) in [5.74, 6) is 0.118. The van der Waals surface area contributed by atoms with E-state index in [0.29, 0.717) is 11.3 Å². The van der Waals surface area contributed by atoms with Crippen LogP contribution in [-0.2, 0) is 36.5 Å². The van der Waals surface area contributed by atoms with Crippen LogP contribution in [-0.4, -0.2) is 80.0 Å². The molecular formula is C23H31N8O11P. The number of aromatic amines is 1. The number of nitrogen functional groups attached to an aromatic ring is 1. The van der Waals surface area contributed by atoms with Crippen LogP contribution < -0.4 is 22.7 Å². The minimum atomic E-state index is -4.92. The molecule has 2 aliphatic heterocycles. The highest BCUT2D eigenvalue weighted by Crippen LogP contribution is 2.43. The summed E-state index contributed by atoms with van der Waals surface area (Å²) in [4.78, 5) is 61.2. The Hall–Kier alpha value is -3.55. The first kappa shape index (κ1) is 30.9. The van der Waals surface area contributed by atoms with Gasteiger partial charge in [-0.25, -0.2) is 18.8 Å². The van der Waals surface area contributed by atoms with Crippen molar-refractivity contribution in [3.05, 3.63) is 66.7 Å². The topological polar surface area (TPSA) is 261 Å². The van der Waals surface area contributed by atoms with Crippen LogP contribution in [0.5, 0.6) is 0 Å². The van der Waals surface area contributed by atoms with Crippen molar-refractivity contribution >= 4 is 13.6 Å². The maximum absolute atomic E-state index is 12.4. The van der Waals surface area contributed by atoms with E-state index in [1.807, 2.05) is 0 Å². The van der Waals surface area contributed by atoms with Crippen LogP contribution in [0, 0.1) is 13.8 Å². The molecule has 0 aromatic carbocycles. The van der Waals surface area contributed by atoms with E-state index in [1.54, 1.807) is 6.92 Å². The first-order chi connectivity index (χ1) is 20.3. The summed E-state index contributed by atoms with van der Waals surface area (Å²) in [6.07, 6.45) is -0.591. The molecule has 0 saturated carbocycles. The van der Waals surface area contributed by atoms with Crippen LogP contribution in [0.1, 0.15) is 42.1 Å². The molecule has 5 rings (SSSR count). The van der Waals surface area contributed by atoms with Crippen molar-refractivity contribution in [1.29, 1.82) is 0 Å². The number of aromatic nitrogens is 7. The van der Waals surface area contributed by atoms with Crippen molar-refractivity contribution in [3.8, 4) is 0 Å². The lowest BCUT2D eigenvalue weighted by Gasteiger charge is -2.18. The van der Waals surface area contributed by atoms with Crippen molar-refractivity contribution in [1.82, 2.24) is 34.1 Å². The van der Waals surface area contributed by atoms with E-state index in [9.17, 15) is 33.8 Å². The average Bonchev–Trinajstić information content (AvgIpc) is 3.65. The van der Waals surface area contributed by atoms with Crippen molar-refractivity contribution in [2.45, 2.75) is 76.7 Å². The number of hydrogen-bond donors (Lipinski definition) is 5. The molecule has 2 unspecified atom stereocenters. The van der Waals surface area contributed by atoms with Gasteiger partial charge in [0.2, 0.25) is 0 Å². The summed E-state index contributed by atoms with van der Waals surface area (Å²) in [6.45, 7) is 2.76. The number of aryl methyl sites for hydroxylation is 2. The highest BCUT2D eigenvalue weighted by atomic mass is 31.2. The summed E-state index contributed by atoms with van der Waals surface area (Å²) >= 11 is 0. The van der Waals surface area contributed by atoms with E-state index in [0.717, 1.165) is 4.57 Å². The van der Waals surface area contributed by atoms with Crippen molar-refractivity contribution < 1.29 is 38.2 Å². The zero-order valence-electron chi connectivity index (χ0n) is 23.0. The lowest BCUT2D eigenvalue weighted by molar-refractivity contribution is -0.0662. The van der Waals surface area contributed by atoms with Gasteiger partial charge in [0.1, 0.15) is 42.3 Å². The Morgan fingerprint density at radius 3 is 2.44 bits per heavy atom. The van der Waals surface area contributed by atoms with Crippen molar-refractivity contribution in [3.63, 3.8) is 0 Å². The normalized spacial score (nSPS) is 25.9. The van der Waals surface area contributed by atoms with E-state index < -0.39 is 61.6 Å². The van der Waals surface area contributed by atoms with Gasteiger partial charge >= 0.3 is 19.2 Å². The standard InChI is InChI=1S/C23H31N8O11P/c1-11-5-30(22(34)25-20(11)24)18-3-14(17(9-32)41-18)39-10-13-7-29(28-27-13)8-16-15(42-43(36,37)38)4-19(40-16)31-6-12(2)21(33)26-23(31)35/h5-7,14-19,32H,3-4,8-10H2,1-2H3,(H2,24,25,34)(H,26,33,35)(H2,36,37,38)/t14?,15?,16-,17-,18-,19-/m1/s1. The number of hydrogen-bond acceptors (Lipinski definition) is 13. The van der Waals surface area contributed by atoms with Gasteiger partial charge in [-0.1, -0.05) is 5.21 Å². The lowest BCUT2D eigenvalue weighted by atomic mass is 10.2. The van der Waals surface area contributed by atoms with Crippen LogP contribution in [0.3, 0.4) is 0 Å². The second-order valence-electron chi connectivity index (χ2n) is 10.3. The van der Waals surface area contributed by atoms with E-state index in [4.69, 9.17) is 24.5 Å². The number of anilines is 1. The number of nitrogens with two attached hydrogens (primary N) is 1. The smallest absolute Gasteiger partial charge is 0.394 e. The molecule has 0 spiro atoms. The molecule has 234 valence electrons. The minimum absolute atomic E-state index is 0.0340. The van der Waals surface area contributed by atoms with Gasteiger partial charge in [0.15, 0.2) is 0 Å². The molecule has 0 bridgehead atoms. The number of phosphoric acid groups is 1. The van der Waals surface area contributed by atoms with Gasteiger partial charge in [-0.2, -0.15) is 4.98 Å². The van der Waals surface area contributed by atoms with Gasteiger partial charge in [0, 0.05) is 36.4 Å². The maximum atomic E-state index is 12.4. The Bertz CT molecular complexity index is 1700. The number of nitrogens with zero attached hydrogens (tertiary/aromatic N) is 6. The molecule has 19 nitrogen and oxygen atoms in total. The third-order valence-corrected chi connectivity index (χ3v) is 7.70. The van der Waals surface area contributed by atoms with Gasteiger partial charge < -0.3 is 34.8 Å². The highest BCUT2D eigenvalue weighted by molar-refractivity contribution is 7.46. The molecule has 2 fully saturated rings. The predicted molar refractivity (Wildman–Crippen MR) is 143 cm³/mol. The van der Waals surface area contributed by atoms with E-state index in [-0.39, 0.29) is 44.0 Å². The third kappa shape index (κ3) is 7.00. The van der Waals surface area contributed by atoms with Crippen molar-refractivity contribution in [2.75, 3.05) is 12.3 Å². The summed E-state index contributed by atoms with van der Waals surface area (Å²) in [5.41, 5.74) is 5.02. The molecular weight excluding hydrogens is 595 g/mol.